The molecular weight excluding hydrogens is 257 g/mol. The summed E-state index contributed by atoms with van der Waals surface area (Å²) < 4.78 is 18.5. The van der Waals surface area contributed by atoms with Gasteiger partial charge in [0, 0.05) is 17.5 Å². The van der Waals surface area contributed by atoms with Crippen LogP contribution in [0.5, 0.6) is 5.75 Å². The molecule has 18 heavy (non-hydrogen) atoms. The second kappa shape index (κ2) is 6.59. The summed E-state index contributed by atoms with van der Waals surface area (Å²) in [5.74, 6) is -0.663. The summed E-state index contributed by atoms with van der Waals surface area (Å²) in [7, 11) is 1.44. The Morgan fingerprint density at radius 2 is 2.17 bits per heavy atom. The third-order valence-electron chi connectivity index (χ3n) is 2.48. The maximum atomic E-state index is 13.6. The van der Waals surface area contributed by atoms with E-state index in [1.165, 1.54) is 19.2 Å². The molecule has 1 N–H and O–H groups in total. The summed E-state index contributed by atoms with van der Waals surface area (Å²) >= 11 is 5.83. The quantitative estimate of drug-likeness (QED) is 0.838. The number of alkyl halides is 1. The van der Waals surface area contributed by atoms with Crippen LogP contribution in [0, 0.1) is 5.82 Å². The Kier molecular flexibility index (Phi) is 5.41. The normalized spacial score (nSPS) is 13.8. The lowest BCUT2D eigenvalue weighted by atomic mass is 10.1. The Morgan fingerprint density at radius 3 is 2.67 bits per heavy atom. The second-order valence-corrected chi connectivity index (χ2v) is 4.98. The number of hydrogen-bond acceptors (Lipinski definition) is 2. The SMILES string of the molecule is COc1ccc(C(=O)NC(C)CC(C)Cl)c(F)c1. The lowest BCUT2D eigenvalue weighted by molar-refractivity contribution is 0.0934. The van der Waals surface area contributed by atoms with Gasteiger partial charge in [-0.25, -0.2) is 4.39 Å². The average molecular weight is 274 g/mol. The molecule has 2 atom stereocenters. The van der Waals surface area contributed by atoms with Crippen molar-refractivity contribution in [1.29, 1.82) is 0 Å². The van der Waals surface area contributed by atoms with Crippen molar-refractivity contribution in [1.82, 2.24) is 5.32 Å². The van der Waals surface area contributed by atoms with Crippen molar-refractivity contribution in [2.45, 2.75) is 31.7 Å². The highest BCUT2D eigenvalue weighted by molar-refractivity contribution is 6.20. The highest BCUT2D eigenvalue weighted by Crippen LogP contribution is 2.16. The minimum absolute atomic E-state index is 0.00451. The number of benzene rings is 1. The molecule has 1 amide bonds. The van der Waals surface area contributed by atoms with Gasteiger partial charge in [-0.15, -0.1) is 11.6 Å². The highest BCUT2D eigenvalue weighted by atomic mass is 35.5. The number of ether oxygens (including phenoxy) is 1. The zero-order chi connectivity index (χ0) is 13.7. The van der Waals surface area contributed by atoms with Gasteiger partial charge in [-0.1, -0.05) is 0 Å². The monoisotopic (exact) mass is 273 g/mol. The molecular formula is C13H17ClFNO2. The lowest BCUT2D eigenvalue weighted by Gasteiger charge is -2.15. The fourth-order valence-corrected chi connectivity index (χ4v) is 1.92. The maximum Gasteiger partial charge on any atom is 0.254 e. The van der Waals surface area contributed by atoms with Crippen molar-refractivity contribution in [2.24, 2.45) is 0 Å². The molecule has 0 radical (unpaired) electrons. The van der Waals surface area contributed by atoms with E-state index in [9.17, 15) is 9.18 Å². The van der Waals surface area contributed by atoms with Crippen LogP contribution >= 0.6 is 11.6 Å². The van der Waals surface area contributed by atoms with Crippen molar-refractivity contribution < 1.29 is 13.9 Å². The molecule has 0 fully saturated rings. The first-order chi connectivity index (χ1) is 8.43. The topological polar surface area (TPSA) is 38.3 Å². The number of methoxy groups -OCH3 is 1. The Bertz CT molecular complexity index is 423. The molecule has 1 aromatic rings. The molecule has 0 aliphatic heterocycles. The van der Waals surface area contributed by atoms with Gasteiger partial charge < -0.3 is 10.1 Å². The molecule has 5 heteroatoms. The third-order valence-corrected chi connectivity index (χ3v) is 2.65. The van der Waals surface area contributed by atoms with E-state index in [0.717, 1.165) is 0 Å². The van der Waals surface area contributed by atoms with E-state index in [-0.39, 0.29) is 17.0 Å². The van der Waals surface area contributed by atoms with Crippen LogP contribution in [0.3, 0.4) is 0 Å². The van der Waals surface area contributed by atoms with Gasteiger partial charge in [-0.3, -0.25) is 4.79 Å². The average Bonchev–Trinajstić information content (AvgIpc) is 2.27. The number of amides is 1. The van der Waals surface area contributed by atoms with E-state index in [2.05, 4.69) is 5.32 Å². The smallest absolute Gasteiger partial charge is 0.254 e. The van der Waals surface area contributed by atoms with Gasteiger partial charge in [0.2, 0.25) is 0 Å². The Balaban J connectivity index is 2.72. The minimum Gasteiger partial charge on any atom is -0.497 e. The van der Waals surface area contributed by atoms with E-state index in [4.69, 9.17) is 16.3 Å². The summed E-state index contributed by atoms with van der Waals surface area (Å²) in [4.78, 5) is 11.8. The van der Waals surface area contributed by atoms with E-state index >= 15 is 0 Å². The Hall–Kier alpha value is -1.29. The van der Waals surface area contributed by atoms with Gasteiger partial charge in [0.15, 0.2) is 0 Å². The fraction of sp³-hybridized carbons (Fsp3) is 0.462. The van der Waals surface area contributed by atoms with Gasteiger partial charge in [0.1, 0.15) is 11.6 Å². The van der Waals surface area contributed by atoms with Crippen molar-refractivity contribution in [3.05, 3.63) is 29.6 Å². The second-order valence-electron chi connectivity index (χ2n) is 4.24. The number of rotatable bonds is 5. The summed E-state index contributed by atoms with van der Waals surface area (Å²) in [5.41, 5.74) is 0.00451. The van der Waals surface area contributed by atoms with Gasteiger partial charge >= 0.3 is 0 Å². The first-order valence-electron chi connectivity index (χ1n) is 5.72. The maximum absolute atomic E-state index is 13.6. The molecule has 0 aliphatic carbocycles. The van der Waals surface area contributed by atoms with Crippen LogP contribution in [-0.4, -0.2) is 24.4 Å². The summed E-state index contributed by atoms with van der Waals surface area (Å²) in [6.45, 7) is 3.68. The third kappa shape index (κ3) is 4.18. The van der Waals surface area contributed by atoms with Crippen LogP contribution in [0.25, 0.3) is 0 Å². The molecule has 100 valence electrons. The molecule has 0 spiro atoms. The number of carbonyl (C=O) groups is 1. The first-order valence-corrected chi connectivity index (χ1v) is 6.16. The van der Waals surface area contributed by atoms with Crippen molar-refractivity contribution in [3.8, 4) is 5.75 Å². The van der Waals surface area contributed by atoms with E-state index in [1.54, 1.807) is 6.07 Å². The van der Waals surface area contributed by atoms with Crippen LogP contribution in [0.15, 0.2) is 18.2 Å². The van der Waals surface area contributed by atoms with Crippen molar-refractivity contribution >= 4 is 17.5 Å². The highest BCUT2D eigenvalue weighted by Gasteiger charge is 2.15. The number of carbonyl (C=O) groups excluding carboxylic acids is 1. The minimum atomic E-state index is -0.599. The fourth-order valence-electron chi connectivity index (χ4n) is 1.65. The summed E-state index contributed by atoms with van der Waals surface area (Å²) in [5, 5.41) is 2.66. The summed E-state index contributed by atoms with van der Waals surface area (Å²) in [6, 6.07) is 4.03. The van der Waals surface area contributed by atoms with Crippen LogP contribution in [-0.2, 0) is 0 Å². The molecule has 0 saturated carbocycles. The molecule has 0 heterocycles. The molecule has 3 nitrogen and oxygen atoms in total. The molecule has 0 aromatic heterocycles. The molecule has 0 bridgehead atoms. The standard InChI is InChI=1S/C13H17ClFNO2/c1-8(14)6-9(2)16-13(17)11-5-4-10(18-3)7-12(11)15/h4-5,7-9H,6H2,1-3H3,(H,16,17). The molecule has 1 aromatic carbocycles. The Labute approximate surface area is 111 Å². The van der Waals surface area contributed by atoms with Gasteiger partial charge in [-0.05, 0) is 32.4 Å². The van der Waals surface area contributed by atoms with Crippen molar-refractivity contribution in [3.63, 3.8) is 0 Å². The van der Waals surface area contributed by atoms with Gasteiger partial charge in [-0.2, -0.15) is 0 Å². The molecule has 2 unspecified atom stereocenters. The predicted molar refractivity (Wildman–Crippen MR) is 69.8 cm³/mol. The molecule has 1 rings (SSSR count). The van der Waals surface area contributed by atoms with E-state index in [0.29, 0.717) is 12.2 Å². The lowest BCUT2D eigenvalue weighted by Crippen LogP contribution is -2.34. The first kappa shape index (κ1) is 14.8. The number of halogens is 2. The Morgan fingerprint density at radius 1 is 1.50 bits per heavy atom. The predicted octanol–water partition coefficient (Wildman–Crippen LogP) is 2.97. The van der Waals surface area contributed by atoms with Crippen molar-refractivity contribution in [2.75, 3.05) is 7.11 Å². The van der Waals surface area contributed by atoms with E-state index < -0.39 is 11.7 Å². The largest absolute Gasteiger partial charge is 0.497 e. The number of nitrogens with one attached hydrogen (secondary N) is 1. The summed E-state index contributed by atoms with van der Waals surface area (Å²) in [6.07, 6.45) is 0.630. The van der Waals surface area contributed by atoms with Crippen LogP contribution in [0.2, 0.25) is 0 Å². The number of hydrogen-bond donors (Lipinski definition) is 1. The zero-order valence-electron chi connectivity index (χ0n) is 10.7. The molecule has 0 aliphatic rings. The van der Waals surface area contributed by atoms with Gasteiger partial charge in [0.25, 0.3) is 5.91 Å². The van der Waals surface area contributed by atoms with Crippen LogP contribution in [0.1, 0.15) is 30.6 Å². The molecule has 0 saturated heterocycles. The van der Waals surface area contributed by atoms with E-state index in [1.807, 2.05) is 13.8 Å². The van der Waals surface area contributed by atoms with Crippen LogP contribution < -0.4 is 10.1 Å². The van der Waals surface area contributed by atoms with Crippen LogP contribution in [0.4, 0.5) is 4.39 Å². The van der Waals surface area contributed by atoms with Gasteiger partial charge in [0.05, 0.1) is 12.7 Å². The zero-order valence-corrected chi connectivity index (χ0v) is 11.4.